The number of benzene rings is 1. The van der Waals surface area contributed by atoms with Crippen molar-refractivity contribution in [2.24, 2.45) is 11.1 Å². The van der Waals surface area contributed by atoms with Crippen molar-refractivity contribution in [3.63, 3.8) is 0 Å². The molecule has 1 saturated carbocycles. The van der Waals surface area contributed by atoms with Crippen LogP contribution in [0.25, 0.3) is 0 Å². The number of amides is 2. The molecule has 0 bridgehead atoms. The first kappa shape index (κ1) is 17.2. The average Bonchev–Trinajstić information content (AvgIpc) is 2.94. The molecule has 0 unspecified atom stereocenters. The lowest BCUT2D eigenvalue weighted by Gasteiger charge is -2.26. The molecule has 126 valence electrons. The summed E-state index contributed by atoms with van der Waals surface area (Å²) in [6.07, 6.45) is 2.14. The standard InChI is InChI=1S/C15H16F4N2O2/c16-9-4-3-5-10(17)11(9)15(18,19)13(23)21-8-14(12(20)22)6-1-2-7-14/h3-5H,1-2,6-8H2,(H2,20,22)(H,21,23). The predicted molar refractivity (Wildman–Crippen MR) is 73.4 cm³/mol. The molecule has 1 aromatic rings. The fourth-order valence-electron chi connectivity index (χ4n) is 2.83. The number of halogens is 4. The van der Waals surface area contributed by atoms with E-state index in [1.54, 1.807) is 0 Å². The van der Waals surface area contributed by atoms with Gasteiger partial charge in [-0.05, 0) is 25.0 Å². The van der Waals surface area contributed by atoms with Gasteiger partial charge in [0.15, 0.2) is 0 Å². The van der Waals surface area contributed by atoms with Crippen LogP contribution < -0.4 is 11.1 Å². The van der Waals surface area contributed by atoms with Gasteiger partial charge in [0.25, 0.3) is 5.91 Å². The molecular weight excluding hydrogens is 316 g/mol. The zero-order chi connectivity index (χ0) is 17.3. The highest BCUT2D eigenvalue weighted by Gasteiger charge is 2.47. The van der Waals surface area contributed by atoms with Crippen LogP contribution in [0.3, 0.4) is 0 Å². The van der Waals surface area contributed by atoms with Gasteiger partial charge in [0.05, 0.1) is 5.41 Å². The number of carbonyl (C=O) groups is 2. The monoisotopic (exact) mass is 332 g/mol. The highest BCUT2D eigenvalue weighted by Crippen LogP contribution is 2.38. The van der Waals surface area contributed by atoms with Crippen molar-refractivity contribution in [3.8, 4) is 0 Å². The smallest absolute Gasteiger partial charge is 0.355 e. The van der Waals surface area contributed by atoms with E-state index >= 15 is 0 Å². The minimum Gasteiger partial charge on any atom is -0.369 e. The largest absolute Gasteiger partial charge is 0.369 e. The van der Waals surface area contributed by atoms with Gasteiger partial charge in [0, 0.05) is 6.54 Å². The Bertz CT molecular complexity index is 608. The Morgan fingerprint density at radius 1 is 1.17 bits per heavy atom. The molecule has 0 saturated heterocycles. The van der Waals surface area contributed by atoms with Gasteiger partial charge in [0.1, 0.15) is 17.2 Å². The molecule has 0 atom stereocenters. The molecule has 3 N–H and O–H groups in total. The maximum absolute atomic E-state index is 14.1. The Morgan fingerprint density at radius 2 is 1.70 bits per heavy atom. The molecule has 0 aromatic heterocycles. The molecule has 0 heterocycles. The van der Waals surface area contributed by atoms with E-state index in [1.165, 1.54) is 0 Å². The van der Waals surface area contributed by atoms with Crippen molar-refractivity contribution < 1.29 is 27.2 Å². The zero-order valence-corrected chi connectivity index (χ0v) is 12.2. The van der Waals surface area contributed by atoms with Gasteiger partial charge >= 0.3 is 5.92 Å². The second-order valence-electron chi connectivity index (χ2n) is 5.71. The molecule has 2 amide bonds. The molecule has 2 rings (SSSR count). The topological polar surface area (TPSA) is 72.2 Å². The van der Waals surface area contributed by atoms with Crippen LogP contribution in [-0.2, 0) is 15.5 Å². The second-order valence-corrected chi connectivity index (χ2v) is 5.71. The molecule has 4 nitrogen and oxygen atoms in total. The van der Waals surface area contributed by atoms with Crippen LogP contribution in [0.4, 0.5) is 17.6 Å². The summed E-state index contributed by atoms with van der Waals surface area (Å²) >= 11 is 0. The Kier molecular flexibility index (Phi) is 4.63. The normalized spacial score (nSPS) is 17.0. The Balaban J connectivity index is 2.18. The van der Waals surface area contributed by atoms with E-state index in [1.807, 2.05) is 5.32 Å². The van der Waals surface area contributed by atoms with Crippen LogP contribution in [0.1, 0.15) is 31.2 Å². The Hall–Kier alpha value is -2.12. The summed E-state index contributed by atoms with van der Waals surface area (Å²) in [6, 6.07) is 2.20. The lowest BCUT2D eigenvalue weighted by atomic mass is 9.85. The van der Waals surface area contributed by atoms with Gasteiger partial charge in [-0.15, -0.1) is 0 Å². The van der Waals surface area contributed by atoms with Crippen molar-refractivity contribution in [2.75, 3.05) is 6.54 Å². The summed E-state index contributed by atoms with van der Waals surface area (Å²) in [5.74, 6) is -9.98. The van der Waals surface area contributed by atoms with Gasteiger partial charge in [-0.2, -0.15) is 8.78 Å². The molecule has 0 spiro atoms. The summed E-state index contributed by atoms with van der Waals surface area (Å²) in [4.78, 5) is 23.3. The fourth-order valence-corrected chi connectivity index (χ4v) is 2.83. The fraction of sp³-hybridized carbons (Fsp3) is 0.467. The molecule has 1 fully saturated rings. The Morgan fingerprint density at radius 3 is 2.17 bits per heavy atom. The highest BCUT2D eigenvalue weighted by atomic mass is 19.3. The maximum atomic E-state index is 14.1. The molecule has 1 aromatic carbocycles. The number of primary amides is 1. The average molecular weight is 332 g/mol. The van der Waals surface area contributed by atoms with E-state index in [0.29, 0.717) is 37.8 Å². The number of rotatable bonds is 5. The summed E-state index contributed by atoms with van der Waals surface area (Å²) in [6.45, 7) is -0.382. The second kappa shape index (κ2) is 6.17. The first-order valence-electron chi connectivity index (χ1n) is 7.11. The van der Waals surface area contributed by atoms with Gasteiger partial charge in [-0.1, -0.05) is 18.9 Å². The molecular formula is C15H16F4N2O2. The number of nitrogens with two attached hydrogens (primary N) is 1. The number of nitrogens with one attached hydrogen (secondary N) is 1. The molecule has 1 aliphatic rings. The lowest BCUT2D eigenvalue weighted by Crippen LogP contribution is -2.48. The number of hydrogen-bond acceptors (Lipinski definition) is 2. The first-order chi connectivity index (χ1) is 10.7. The van der Waals surface area contributed by atoms with Gasteiger partial charge in [-0.3, -0.25) is 9.59 Å². The molecule has 0 aliphatic heterocycles. The van der Waals surface area contributed by atoms with Crippen molar-refractivity contribution in [1.82, 2.24) is 5.32 Å². The van der Waals surface area contributed by atoms with Crippen LogP contribution >= 0.6 is 0 Å². The Labute approximate surface area is 130 Å². The van der Waals surface area contributed by atoms with E-state index in [0.717, 1.165) is 6.07 Å². The zero-order valence-electron chi connectivity index (χ0n) is 12.2. The molecule has 8 heteroatoms. The van der Waals surface area contributed by atoms with E-state index in [4.69, 9.17) is 5.73 Å². The molecule has 23 heavy (non-hydrogen) atoms. The minimum atomic E-state index is -4.40. The van der Waals surface area contributed by atoms with E-state index in [2.05, 4.69) is 0 Å². The summed E-state index contributed by atoms with van der Waals surface area (Å²) in [7, 11) is 0. The van der Waals surface area contributed by atoms with Crippen molar-refractivity contribution in [3.05, 3.63) is 35.4 Å². The molecule has 0 radical (unpaired) electrons. The van der Waals surface area contributed by atoms with E-state index < -0.39 is 40.3 Å². The summed E-state index contributed by atoms with van der Waals surface area (Å²) in [5, 5.41) is 1.92. The third-order valence-electron chi connectivity index (χ3n) is 4.23. The maximum Gasteiger partial charge on any atom is 0.355 e. The first-order valence-corrected chi connectivity index (χ1v) is 7.11. The van der Waals surface area contributed by atoms with Gasteiger partial charge in [0.2, 0.25) is 5.91 Å². The highest BCUT2D eigenvalue weighted by molar-refractivity contribution is 5.86. The third kappa shape index (κ3) is 3.16. The van der Waals surface area contributed by atoms with E-state index in [9.17, 15) is 27.2 Å². The van der Waals surface area contributed by atoms with Crippen molar-refractivity contribution >= 4 is 11.8 Å². The molecule has 1 aliphatic carbocycles. The minimum absolute atomic E-state index is 0.377. The summed E-state index contributed by atoms with van der Waals surface area (Å²) < 4.78 is 55.1. The third-order valence-corrected chi connectivity index (χ3v) is 4.23. The van der Waals surface area contributed by atoms with Crippen LogP contribution in [0.5, 0.6) is 0 Å². The van der Waals surface area contributed by atoms with Gasteiger partial charge < -0.3 is 11.1 Å². The SMILES string of the molecule is NC(=O)C1(CNC(=O)C(F)(F)c2c(F)cccc2F)CCCC1. The number of carbonyl (C=O) groups excluding carboxylic acids is 2. The van der Waals surface area contributed by atoms with Crippen LogP contribution in [0, 0.1) is 17.0 Å². The predicted octanol–water partition coefficient (Wildman–Crippen LogP) is 2.22. The summed E-state index contributed by atoms with van der Waals surface area (Å²) in [5.41, 5.74) is 2.59. The van der Waals surface area contributed by atoms with Crippen molar-refractivity contribution in [1.29, 1.82) is 0 Å². The van der Waals surface area contributed by atoms with Crippen LogP contribution in [0.2, 0.25) is 0 Å². The van der Waals surface area contributed by atoms with E-state index in [-0.39, 0.29) is 6.54 Å². The van der Waals surface area contributed by atoms with Crippen LogP contribution in [-0.4, -0.2) is 18.4 Å². The van der Waals surface area contributed by atoms with Crippen LogP contribution in [0.15, 0.2) is 18.2 Å². The quantitative estimate of drug-likeness (QED) is 0.812. The van der Waals surface area contributed by atoms with Gasteiger partial charge in [-0.25, -0.2) is 8.78 Å². The van der Waals surface area contributed by atoms with Crippen molar-refractivity contribution in [2.45, 2.75) is 31.6 Å². The lowest BCUT2D eigenvalue weighted by molar-refractivity contribution is -0.148. The number of hydrogen-bond donors (Lipinski definition) is 2. The number of alkyl halides is 2.